The van der Waals surface area contributed by atoms with Crippen LogP contribution in [0.1, 0.15) is 27.1 Å². The van der Waals surface area contributed by atoms with E-state index in [1.165, 1.54) is 16.1 Å². The first-order valence-electron chi connectivity index (χ1n) is 7.57. The molecule has 2 heterocycles. The van der Waals surface area contributed by atoms with Gasteiger partial charge in [-0.05, 0) is 31.9 Å². The Morgan fingerprint density at radius 1 is 1.24 bits per heavy atom. The molecule has 0 saturated carbocycles. The zero-order valence-corrected chi connectivity index (χ0v) is 13.6. The monoisotopic (exact) mass is 301 g/mol. The van der Waals surface area contributed by atoms with Gasteiger partial charge in [0.2, 0.25) is 0 Å². The number of hydrogen-bond acceptors (Lipinski definition) is 4. The lowest BCUT2D eigenvalue weighted by molar-refractivity contribution is 0.319. The summed E-state index contributed by atoms with van der Waals surface area (Å²) in [7, 11) is 0. The van der Waals surface area contributed by atoms with Gasteiger partial charge in [-0.2, -0.15) is 0 Å². The second-order valence-electron chi connectivity index (χ2n) is 5.95. The number of nitrogens with two attached hydrogens (primary N) is 1. The van der Waals surface area contributed by atoms with E-state index in [-0.39, 0.29) is 0 Å². The minimum Gasteiger partial charge on any atom is -0.330 e. The SMILES string of the molecule is Cc1nc(C)c(CN2C[C@@H](CN)[C@H](c3ccccc3)C2)s1. The molecule has 1 saturated heterocycles. The van der Waals surface area contributed by atoms with E-state index < -0.39 is 0 Å². The third-order valence-electron chi connectivity index (χ3n) is 4.41. The molecule has 0 unspecified atom stereocenters. The van der Waals surface area contributed by atoms with Crippen LogP contribution in [-0.2, 0) is 6.54 Å². The lowest BCUT2D eigenvalue weighted by atomic mass is 9.89. The molecule has 2 N–H and O–H groups in total. The van der Waals surface area contributed by atoms with Crippen molar-refractivity contribution in [2.45, 2.75) is 26.3 Å². The summed E-state index contributed by atoms with van der Waals surface area (Å²) in [4.78, 5) is 8.47. The quantitative estimate of drug-likeness (QED) is 0.944. The fraction of sp³-hybridized carbons (Fsp3) is 0.471. The second kappa shape index (κ2) is 6.26. The molecular weight excluding hydrogens is 278 g/mol. The van der Waals surface area contributed by atoms with Crippen molar-refractivity contribution in [2.75, 3.05) is 19.6 Å². The standard InChI is InChI=1S/C17H23N3S/c1-12-17(21-13(2)19-12)11-20-9-15(8-18)16(10-20)14-6-4-3-5-7-14/h3-7,15-16H,8-11,18H2,1-2H3/t15-,16+/m1/s1. The molecular formula is C17H23N3S. The summed E-state index contributed by atoms with van der Waals surface area (Å²) in [6.07, 6.45) is 0. The van der Waals surface area contributed by atoms with Crippen molar-refractivity contribution >= 4 is 11.3 Å². The minimum absolute atomic E-state index is 0.557. The largest absolute Gasteiger partial charge is 0.330 e. The number of likely N-dealkylation sites (tertiary alicyclic amines) is 1. The number of hydrogen-bond donors (Lipinski definition) is 1. The van der Waals surface area contributed by atoms with Crippen LogP contribution in [0.4, 0.5) is 0 Å². The average Bonchev–Trinajstić information content (AvgIpc) is 3.03. The Bertz CT molecular complexity index is 593. The predicted molar refractivity (Wildman–Crippen MR) is 88.6 cm³/mol. The maximum absolute atomic E-state index is 6.01. The van der Waals surface area contributed by atoms with Crippen LogP contribution in [0.15, 0.2) is 30.3 Å². The van der Waals surface area contributed by atoms with Crippen LogP contribution in [0.25, 0.3) is 0 Å². The van der Waals surface area contributed by atoms with Gasteiger partial charge in [0.15, 0.2) is 0 Å². The van der Waals surface area contributed by atoms with Gasteiger partial charge < -0.3 is 5.73 Å². The number of thiazole rings is 1. The van der Waals surface area contributed by atoms with E-state index in [1.807, 2.05) is 11.3 Å². The zero-order chi connectivity index (χ0) is 14.8. The number of benzene rings is 1. The van der Waals surface area contributed by atoms with Gasteiger partial charge in [-0.1, -0.05) is 30.3 Å². The van der Waals surface area contributed by atoms with Gasteiger partial charge in [-0.3, -0.25) is 4.90 Å². The van der Waals surface area contributed by atoms with Gasteiger partial charge in [-0.15, -0.1) is 11.3 Å². The Kier molecular flexibility index (Phi) is 4.38. The normalized spacial score (nSPS) is 22.8. The fourth-order valence-electron chi connectivity index (χ4n) is 3.33. The van der Waals surface area contributed by atoms with Crippen molar-refractivity contribution in [1.29, 1.82) is 0 Å². The summed E-state index contributed by atoms with van der Waals surface area (Å²) >= 11 is 1.82. The van der Waals surface area contributed by atoms with Crippen LogP contribution in [0, 0.1) is 19.8 Å². The Morgan fingerprint density at radius 3 is 2.62 bits per heavy atom. The molecule has 1 aromatic heterocycles. The summed E-state index contributed by atoms with van der Waals surface area (Å²) in [5, 5.41) is 1.16. The van der Waals surface area contributed by atoms with Crippen LogP contribution in [0.2, 0.25) is 0 Å². The van der Waals surface area contributed by atoms with Gasteiger partial charge in [0, 0.05) is 30.4 Å². The first-order valence-corrected chi connectivity index (χ1v) is 8.39. The van der Waals surface area contributed by atoms with Crippen LogP contribution >= 0.6 is 11.3 Å². The molecule has 3 nitrogen and oxygen atoms in total. The molecule has 0 aliphatic carbocycles. The number of rotatable bonds is 4. The molecule has 0 spiro atoms. The molecule has 1 aliphatic rings. The molecule has 112 valence electrons. The highest BCUT2D eigenvalue weighted by Crippen LogP contribution is 2.33. The van der Waals surface area contributed by atoms with Gasteiger partial charge in [-0.25, -0.2) is 4.98 Å². The van der Waals surface area contributed by atoms with Crippen LogP contribution in [0.3, 0.4) is 0 Å². The van der Waals surface area contributed by atoms with E-state index in [4.69, 9.17) is 5.73 Å². The van der Waals surface area contributed by atoms with Gasteiger partial charge in [0.1, 0.15) is 0 Å². The number of aromatic nitrogens is 1. The lowest BCUT2D eigenvalue weighted by Gasteiger charge is -2.16. The summed E-state index contributed by atoms with van der Waals surface area (Å²) in [6.45, 7) is 8.16. The smallest absolute Gasteiger partial charge is 0.0900 e. The topological polar surface area (TPSA) is 42.2 Å². The fourth-order valence-corrected chi connectivity index (χ4v) is 4.31. The minimum atomic E-state index is 0.557. The Balaban J connectivity index is 1.74. The highest BCUT2D eigenvalue weighted by molar-refractivity contribution is 7.11. The first-order chi connectivity index (χ1) is 10.2. The number of nitrogens with zero attached hydrogens (tertiary/aromatic N) is 2. The first kappa shape index (κ1) is 14.7. The van der Waals surface area contributed by atoms with Gasteiger partial charge in [0.05, 0.1) is 10.7 Å². The molecule has 1 aromatic carbocycles. The molecule has 4 heteroatoms. The zero-order valence-electron chi connectivity index (χ0n) is 12.7. The highest BCUT2D eigenvalue weighted by Gasteiger charge is 2.33. The molecule has 1 fully saturated rings. The Hall–Kier alpha value is -1.23. The van der Waals surface area contributed by atoms with Crippen LogP contribution in [-0.4, -0.2) is 29.5 Å². The molecule has 2 atom stereocenters. The molecule has 2 aromatic rings. The second-order valence-corrected chi connectivity index (χ2v) is 7.24. The number of aryl methyl sites for hydroxylation is 2. The van der Waals surface area contributed by atoms with E-state index in [1.54, 1.807) is 0 Å². The maximum atomic E-state index is 6.01. The summed E-state index contributed by atoms with van der Waals surface area (Å²) in [5.74, 6) is 1.12. The van der Waals surface area contributed by atoms with Crippen molar-refractivity contribution in [1.82, 2.24) is 9.88 Å². The van der Waals surface area contributed by atoms with E-state index >= 15 is 0 Å². The van der Waals surface area contributed by atoms with Crippen molar-refractivity contribution in [3.63, 3.8) is 0 Å². The highest BCUT2D eigenvalue weighted by atomic mass is 32.1. The molecule has 0 radical (unpaired) electrons. The van der Waals surface area contributed by atoms with Crippen molar-refractivity contribution < 1.29 is 0 Å². The predicted octanol–water partition coefficient (Wildman–Crippen LogP) is 2.93. The van der Waals surface area contributed by atoms with Gasteiger partial charge in [0.25, 0.3) is 0 Å². The summed E-state index contributed by atoms with van der Waals surface area (Å²) in [6, 6.07) is 10.8. The van der Waals surface area contributed by atoms with Crippen molar-refractivity contribution in [2.24, 2.45) is 11.7 Å². The molecule has 0 bridgehead atoms. The average molecular weight is 301 g/mol. The van der Waals surface area contributed by atoms with Crippen LogP contribution < -0.4 is 5.73 Å². The molecule has 3 rings (SSSR count). The maximum Gasteiger partial charge on any atom is 0.0900 e. The van der Waals surface area contributed by atoms with E-state index in [2.05, 4.69) is 54.1 Å². The van der Waals surface area contributed by atoms with E-state index in [0.717, 1.165) is 31.2 Å². The lowest BCUT2D eigenvalue weighted by Crippen LogP contribution is -2.23. The van der Waals surface area contributed by atoms with Crippen molar-refractivity contribution in [3.8, 4) is 0 Å². The van der Waals surface area contributed by atoms with Gasteiger partial charge >= 0.3 is 0 Å². The third kappa shape index (κ3) is 3.18. The molecule has 0 amide bonds. The Labute approximate surface area is 130 Å². The Morgan fingerprint density at radius 2 is 2.00 bits per heavy atom. The van der Waals surface area contributed by atoms with Crippen molar-refractivity contribution in [3.05, 3.63) is 51.5 Å². The van der Waals surface area contributed by atoms with E-state index in [9.17, 15) is 0 Å². The molecule has 1 aliphatic heterocycles. The van der Waals surface area contributed by atoms with E-state index in [0.29, 0.717) is 11.8 Å². The van der Waals surface area contributed by atoms with Crippen LogP contribution in [0.5, 0.6) is 0 Å². The molecule has 21 heavy (non-hydrogen) atoms. The third-order valence-corrected chi connectivity index (χ3v) is 5.47. The summed E-state index contributed by atoms with van der Waals surface area (Å²) < 4.78 is 0. The summed E-state index contributed by atoms with van der Waals surface area (Å²) in [5.41, 5.74) is 8.62.